The predicted octanol–water partition coefficient (Wildman–Crippen LogP) is 3.19. The van der Waals surface area contributed by atoms with Gasteiger partial charge in [0.2, 0.25) is 0 Å². The Kier molecular flexibility index (Phi) is 5.26. The summed E-state index contributed by atoms with van der Waals surface area (Å²) >= 11 is 0. The van der Waals surface area contributed by atoms with Gasteiger partial charge in [-0.1, -0.05) is 13.8 Å². The van der Waals surface area contributed by atoms with Crippen LogP contribution in [0.15, 0.2) is 18.2 Å². The van der Waals surface area contributed by atoms with Gasteiger partial charge in [0.25, 0.3) is 0 Å². The van der Waals surface area contributed by atoms with E-state index in [-0.39, 0.29) is 5.82 Å². The maximum atomic E-state index is 12.8. The SMILES string of the molecule is Cc1cc(F)ccc1OCCOCC(C)C. The van der Waals surface area contributed by atoms with Crippen molar-refractivity contribution in [1.82, 2.24) is 0 Å². The summed E-state index contributed by atoms with van der Waals surface area (Å²) in [6.45, 7) is 7.84. The zero-order valence-electron chi connectivity index (χ0n) is 10.1. The first-order valence-electron chi connectivity index (χ1n) is 5.56. The molecule has 90 valence electrons. The van der Waals surface area contributed by atoms with Gasteiger partial charge in [0.1, 0.15) is 18.2 Å². The van der Waals surface area contributed by atoms with Gasteiger partial charge < -0.3 is 9.47 Å². The molecule has 0 aliphatic rings. The van der Waals surface area contributed by atoms with E-state index in [1.165, 1.54) is 12.1 Å². The van der Waals surface area contributed by atoms with Crippen LogP contribution in [0.2, 0.25) is 0 Å². The zero-order valence-corrected chi connectivity index (χ0v) is 10.1. The Bertz CT molecular complexity index is 324. The summed E-state index contributed by atoms with van der Waals surface area (Å²) in [7, 11) is 0. The topological polar surface area (TPSA) is 18.5 Å². The first-order chi connectivity index (χ1) is 7.59. The van der Waals surface area contributed by atoms with E-state index in [2.05, 4.69) is 13.8 Å². The van der Waals surface area contributed by atoms with Crippen molar-refractivity contribution in [2.75, 3.05) is 19.8 Å². The van der Waals surface area contributed by atoms with Crippen molar-refractivity contribution in [3.8, 4) is 5.75 Å². The van der Waals surface area contributed by atoms with Gasteiger partial charge in [-0.25, -0.2) is 4.39 Å². The predicted molar refractivity (Wildman–Crippen MR) is 62.3 cm³/mol. The average molecular weight is 226 g/mol. The second kappa shape index (κ2) is 6.48. The van der Waals surface area contributed by atoms with Crippen LogP contribution < -0.4 is 4.74 Å². The van der Waals surface area contributed by atoms with Gasteiger partial charge in [-0.2, -0.15) is 0 Å². The highest BCUT2D eigenvalue weighted by Crippen LogP contribution is 2.18. The van der Waals surface area contributed by atoms with Crippen LogP contribution in [0.1, 0.15) is 19.4 Å². The fourth-order valence-electron chi connectivity index (χ4n) is 1.30. The Balaban J connectivity index is 2.27. The highest BCUT2D eigenvalue weighted by Gasteiger charge is 2.01. The van der Waals surface area contributed by atoms with Gasteiger partial charge in [0.05, 0.1) is 6.61 Å². The van der Waals surface area contributed by atoms with E-state index >= 15 is 0 Å². The fourth-order valence-corrected chi connectivity index (χ4v) is 1.30. The van der Waals surface area contributed by atoms with E-state index in [0.717, 1.165) is 17.9 Å². The molecule has 0 radical (unpaired) electrons. The van der Waals surface area contributed by atoms with E-state index in [4.69, 9.17) is 9.47 Å². The Morgan fingerprint density at radius 3 is 2.62 bits per heavy atom. The second-order valence-corrected chi connectivity index (χ2v) is 4.23. The van der Waals surface area contributed by atoms with Crippen LogP contribution in [-0.4, -0.2) is 19.8 Å². The summed E-state index contributed by atoms with van der Waals surface area (Å²) in [5.74, 6) is 1.02. The monoisotopic (exact) mass is 226 g/mol. The molecule has 0 bridgehead atoms. The lowest BCUT2D eigenvalue weighted by Gasteiger charge is -2.10. The first-order valence-corrected chi connectivity index (χ1v) is 5.56. The summed E-state index contributed by atoms with van der Waals surface area (Å²) in [6, 6.07) is 4.51. The standard InChI is InChI=1S/C13H19FO2/c1-10(2)9-15-6-7-16-13-5-4-12(14)8-11(13)3/h4-5,8,10H,6-7,9H2,1-3H3. The Hall–Kier alpha value is -1.09. The lowest BCUT2D eigenvalue weighted by molar-refractivity contribution is 0.0817. The molecule has 0 fully saturated rings. The van der Waals surface area contributed by atoms with Gasteiger partial charge in [-0.15, -0.1) is 0 Å². The summed E-state index contributed by atoms with van der Waals surface area (Å²) in [5, 5.41) is 0. The van der Waals surface area contributed by atoms with E-state index in [9.17, 15) is 4.39 Å². The van der Waals surface area contributed by atoms with Crippen molar-refractivity contribution in [3.63, 3.8) is 0 Å². The van der Waals surface area contributed by atoms with Crippen LogP contribution in [0.4, 0.5) is 4.39 Å². The normalized spacial score (nSPS) is 10.8. The maximum absolute atomic E-state index is 12.8. The number of hydrogen-bond donors (Lipinski definition) is 0. The number of halogens is 1. The number of ether oxygens (including phenoxy) is 2. The van der Waals surface area contributed by atoms with Crippen molar-refractivity contribution >= 4 is 0 Å². The maximum Gasteiger partial charge on any atom is 0.123 e. The lowest BCUT2D eigenvalue weighted by atomic mass is 10.2. The molecule has 0 saturated carbocycles. The molecule has 1 aromatic carbocycles. The van der Waals surface area contributed by atoms with Crippen LogP contribution >= 0.6 is 0 Å². The highest BCUT2D eigenvalue weighted by molar-refractivity contribution is 5.32. The van der Waals surface area contributed by atoms with E-state index in [1.807, 2.05) is 6.92 Å². The third-order valence-electron chi connectivity index (χ3n) is 2.07. The van der Waals surface area contributed by atoms with Crippen molar-refractivity contribution in [2.24, 2.45) is 5.92 Å². The van der Waals surface area contributed by atoms with Crippen LogP contribution in [0.25, 0.3) is 0 Å². The quantitative estimate of drug-likeness (QED) is 0.693. The van der Waals surface area contributed by atoms with Crippen LogP contribution in [-0.2, 0) is 4.74 Å². The Labute approximate surface area is 96.4 Å². The Morgan fingerprint density at radius 1 is 1.25 bits per heavy atom. The molecule has 0 aliphatic carbocycles. The minimum atomic E-state index is -0.235. The smallest absolute Gasteiger partial charge is 0.123 e. The van der Waals surface area contributed by atoms with E-state index < -0.39 is 0 Å². The molecule has 0 saturated heterocycles. The molecule has 3 heteroatoms. The summed E-state index contributed by atoms with van der Waals surface area (Å²) in [6.07, 6.45) is 0. The van der Waals surface area contributed by atoms with Gasteiger partial charge in [0, 0.05) is 6.61 Å². The third-order valence-corrected chi connectivity index (χ3v) is 2.07. The molecular weight excluding hydrogens is 207 g/mol. The van der Waals surface area contributed by atoms with Crippen molar-refractivity contribution in [2.45, 2.75) is 20.8 Å². The first kappa shape index (κ1) is 13.0. The van der Waals surface area contributed by atoms with Gasteiger partial charge in [-0.05, 0) is 36.6 Å². The molecule has 0 heterocycles. The number of rotatable bonds is 6. The molecule has 1 rings (SSSR count). The molecule has 0 spiro atoms. The van der Waals surface area contributed by atoms with Crippen molar-refractivity contribution in [3.05, 3.63) is 29.6 Å². The molecule has 0 amide bonds. The van der Waals surface area contributed by atoms with Gasteiger partial charge in [0.15, 0.2) is 0 Å². The second-order valence-electron chi connectivity index (χ2n) is 4.23. The lowest BCUT2D eigenvalue weighted by Crippen LogP contribution is -2.10. The molecule has 0 aliphatic heterocycles. The zero-order chi connectivity index (χ0) is 12.0. The molecule has 0 N–H and O–H groups in total. The number of benzene rings is 1. The third kappa shape index (κ3) is 4.62. The molecule has 2 nitrogen and oxygen atoms in total. The van der Waals surface area contributed by atoms with Crippen LogP contribution in [0, 0.1) is 18.7 Å². The van der Waals surface area contributed by atoms with Gasteiger partial charge >= 0.3 is 0 Å². The molecule has 0 atom stereocenters. The number of hydrogen-bond acceptors (Lipinski definition) is 2. The molecule has 0 unspecified atom stereocenters. The number of aryl methyl sites for hydroxylation is 1. The minimum Gasteiger partial charge on any atom is -0.491 e. The molecular formula is C13H19FO2. The molecule has 16 heavy (non-hydrogen) atoms. The fraction of sp³-hybridized carbons (Fsp3) is 0.538. The minimum absolute atomic E-state index is 0.235. The molecule has 1 aromatic rings. The summed E-state index contributed by atoms with van der Waals surface area (Å²) in [5.41, 5.74) is 0.809. The molecule has 0 aromatic heterocycles. The van der Waals surface area contributed by atoms with E-state index in [1.54, 1.807) is 6.07 Å². The van der Waals surface area contributed by atoms with Crippen molar-refractivity contribution < 1.29 is 13.9 Å². The summed E-state index contributed by atoms with van der Waals surface area (Å²) < 4.78 is 23.7. The Morgan fingerprint density at radius 2 is 2.00 bits per heavy atom. The van der Waals surface area contributed by atoms with Crippen LogP contribution in [0.5, 0.6) is 5.75 Å². The average Bonchev–Trinajstić information content (AvgIpc) is 2.20. The van der Waals surface area contributed by atoms with Crippen molar-refractivity contribution in [1.29, 1.82) is 0 Å². The van der Waals surface area contributed by atoms with Crippen LogP contribution in [0.3, 0.4) is 0 Å². The van der Waals surface area contributed by atoms with E-state index in [0.29, 0.717) is 19.1 Å². The largest absolute Gasteiger partial charge is 0.491 e. The highest BCUT2D eigenvalue weighted by atomic mass is 19.1. The summed E-state index contributed by atoms with van der Waals surface area (Å²) in [4.78, 5) is 0. The van der Waals surface area contributed by atoms with Gasteiger partial charge in [-0.3, -0.25) is 0 Å².